The van der Waals surface area contributed by atoms with E-state index in [2.05, 4.69) is 15.6 Å². The zero-order chi connectivity index (χ0) is 22.3. The van der Waals surface area contributed by atoms with Crippen LogP contribution in [0.4, 0.5) is 10.1 Å². The Hall–Kier alpha value is -2.35. The summed E-state index contributed by atoms with van der Waals surface area (Å²) in [6.45, 7) is 7.39. The molecule has 32 heavy (non-hydrogen) atoms. The van der Waals surface area contributed by atoms with Crippen LogP contribution < -0.4 is 15.5 Å². The number of carbonyl (C=O) groups is 1. The van der Waals surface area contributed by atoms with Gasteiger partial charge >= 0.3 is 0 Å². The monoisotopic (exact) mass is 445 g/mol. The highest BCUT2D eigenvalue weighted by atomic mass is 19.1. The van der Waals surface area contributed by atoms with E-state index in [1.165, 1.54) is 12.8 Å². The van der Waals surface area contributed by atoms with E-state index in [1.54, 1.807) is 6.07 Å². The minimum atomic E-state index is -0.214. The molecule has 0 aromatic heterocycles. The van der Waals surface area contributed by atoms with E-state index >= 15 is 0 Å². The summed E-state index contributed by atoms with van der Waals surface area (Å²) in [5.74, 6) is 1.05. The lowest BCUT2D eigenvalue weighted by atomic mass is 10.1. The molecule has 1 aromatic rings. The minimum Gasteiger partial charge on any atom is -0.378 e. The molecular weight excluding hydrogens is 409 g/mol. The zero-order valence-electron chi connectivity index (χ0n) is 19.1. The summed E-state index contributed by atoms with van der Waals surface area (Å²) < 4.78 is 20.0. The van der Waals surface area contributed by atoms with Crippen molar-refractivity contribution in [1.29, 1.82) is 0 Å². The predicted molar refractivity (Wildman–Crippen MR) is 124 cm³/mol. The van der Waals surface area contributed by atoms with Crippen LogP contribution in [0.15, 0.2) is 23.2 Å². The van der Waals surface area contributed by atoms with Crippen molar-refractivity contribution in [3.63, 3.8) is 0 Å². The summed E-state index contributed by atoms with van der Waals surface area (Å²) >= 11 is 0. The molecule has 1 aromatic carbocycles. The van der Waals surface area contributed by atoms with Crippen LogP contribution in [-0.4, -0.2) is 68.7 Å². The molecule has 0 spiro atoms. The van der Waals surface area contributed by atoms with Crippen molar-refractivity contribution in [3.05, 3.63) is 29.6 Å². The maximum atomic E-state index is 14.7. The molecule has 2 aliphatic heterocycles. The molecule has 2 N–H and O–H groups in total. The van der Waals surface area contributed by atoms with Gasteiger partial charge in [0.05, 0.1) is 25.4 Å². The minimum absolute atomic E-state index is 0.193. The first-order valence-electron chi connectivity index (χ1n) is 12.1. The van der Waals surface area contributed by atoms with Crippen molar-refractivity contribution in [2.24, 2.45) is 10.9 Å². The Morgan fingerprint density at radius 1 is 1.19 bits per heavy atom. The van der Waals surface area contributed by atoms with E-state index < -0.39 is 0 Å². The Morgan fingerprint density at radius 3 is 2.69 bits per heavy atom. The van der Waals surface area contributed by atoms with E-state index in [9.17, 15) is 9.18 Å². The van der Waals surface area contributed by atoms with Crippen LogP contribution in [0.1, 0.15) is 44.6 Å². The van der Waals surface area contributed by atoms with Crippen molar-refractivity contribution in [2.45, 2.75) is 51.6 Å². The van der Waals surface area contributed by atoms with Gasteiger partial charge in [-0.15, -0.1) is 0 Å². The number of guanidine groups is 1. The van der Waals surface area contributed by atoms with Gasteiger partial charge in [-0.2, -0.15) is 0 Å². The lowest BCUT2D eigenvalue weighted by Crippen LogP contribution is -2.45. The smallest absolute Gasteiger partial charge is 0.225 e. The van der Waals surface area contributed by atoms with Crippen molar-refractivity contribution >= 4 is 17.6 Å². The average Bonchev–Trinajstić information content (AvgIpc) is 3.50. The van der Waals surface area contributed by atoms with Crippen LogP contribution in [0, 0.1) is 11.7 Å². The number of rotatable bonds is 6. The summed E-state index contributed by atoms with van der Waals surface area (Å²) in [6, 6.07) is 5.56. The van der Waals surface area contributed by atoms with Gasteiger partial charge in [-0.3, -0.25) is 4.79 Å². The number of nitrogens with one attached hydrogen (secondary N) is 2. The van der Waals surface area contributed by atoms with Gasteiger partial charge in [0.2, 0.25) is 5.91 Å². The van der Waals surface area contributed by atoms with Crippen molar-refractivity contribution in [3.8, 4) is 0 Å². The number of morpholine rings is 1. The van der Waals surface area contributed by atoms with Gasteiger partial charge in [0.1, 0.15) is 5.82 Å². The highest BCUT2D eigenvalue weighted by Gasteiger charge is 2.32. The summed E-state index contributed by atoms with van der Waals surface area (Å²) in [5.41, 5.74) is 1.46. The Balaban J connectivity index is 1.33. The number of benzene rings is 1. The van der Waals surface area contributed by atoms with Gasteiger partial charge < -0.3 is 25.2 Å². The number of halogens is 1. The molecular formula is C24H36FN5O2. The Kier molecular flexibility index (Phi) is 7.84. The number of hydrogen-bond donors (Lipinski definition) is 2. The van der Waals surface area contributed by atoms with E-state index in [4.69, 9.17) is 4.74 Å². The second-order valence-corrected chi connectivity index (χ2v) is 8.98. The molecule has 7 nitrogen and oxygen atoms in total. The molecule has 0 radical (unpaired) electrons. The SMILES string of the molecule is CCNC(=NCc1ccc(N2CCOCC2)c(F)c1)NC1CCN(C(=O)C2CCCC2)C1. The van der Waals surface area contributed by atoms with Crippen LogP contribution in [0.25, 0.3) is 0 Å². The quantitative estimate of drug-likeness (QED) is 0.520. The van der Waals surface area contributed by atoms with Gasteiger partial charge in [0.25, 0.3) is 0 Å². The molecule has 4 rings (SSSR count). The third-order valence-electron chi connectivity index (χ3n) is 6.67. The third kappa shape index (κ3) is 5.71. The van der Waals surface area contributed by atoms with Gasteiger partial charge in [-0.05, 0) is 43.9 Å². The number of ether oxygens (including phenoxy) is 1. The van der Waals surface area contributed by atoms with E-state index in [1.807, 2.05) is 28.9 Å². The first kappa shape index (κ1) is 22.8. The van der Waals surface area contributed by atoms with Crippen LogP contribution in [-0.2, 0) is 16.1 Å². The van der Waals surface area contributed by atoms with Gasteiger partial charge in [0.15, 0.2) is 5.96 Å². The number of nitrogens with zero attached hydrogens (tertiary/aromatic N) is 3. The summed E-state index contributed by atoms with van der Waals surface area (Å²) in [5, 5.41) is 6.75. The standard InChI is InChI=1S/C24H36FN5O2/c1-2-26-24(28-20-9-10-30(17-20)23(31)19-5-3-4-6-19)27-16-18-7-8-22(21(25)15-18)29-11-13-32-14-12-29/h7-8,15,19-20H,2-6,9-14,16-17H2,1H3,(H2,26,27,28). The van der Waals surface area contributed by atoms with E-state index in [0.717, 1.165) is 44.5 Å². The van der Waals surface area contributed by atoms with E-state index in [0.29, 0.717) is 50.4 Å². The molecule has 1 amide bonds. The fourth-order valence-electron chi connectivity index (χ4n) is 4.90. The van der Waals surface area contributed by atoms with Crippen LogP contribution in [0.2, 0.25) is 0 Å². The molecule has 8 heteroatoms. The molecule has 0 bridgehead atoms. The fraction of sp³-hybridized carbons (Fsp3) is 0.667. The third-order valence-corrected chi connectivity index (χ3v) is 6.67. The topological polar surface area (TPSA) is 69.2 Å². The molecule has 176 valence electrons. The van der Waals surface area contributed by atoms with Crippen LogP contribution in [0.3, 0.4) is 0 Å². The normalized spacial score (nSPS) is 22.4. The van der Waals surface area contributed by atoms with Crippen molar-refractivity contribution in [2.75, 3.05) is 50.8 Å². The molecule has 1 unspecified atom stereocenters. The number of likely N-dealkylation sites (tertiary alicyclic amines) is 1. The summed E-state index contributed by atoms with van der Waals surface area (Å²) in [7, 11) is 0. The molecule has 2 saturated heterocycles. The van der Waals surface area contributed by atoms with Crippen LogP contribution >= 0.6 is 0 Å². The number of amides is 1. The zero-order valence-corrected chi connectivity index (χ0v) is 19.1. The second-order valence-electron chi connectivity index (χ2n) is 8.98. The molecule has 1 atom stereocenters. The maximum absolute atomic E-state index is 14.7. The highest BCUT2D eigenvalue weighted by Crippen LogP contribution is 2.28. The summed E-state index contributed by atoms with van der Waals surface area (Å²) in [6.07, 6.45) is 5.36. The first-order chi connectivity index (χ1) is 15.6. The largest absolute Gasteiger partial charge is 0.378 e. The van der Waals surface area contributed by atoms with Crippen molar-refractivity contribution < 1.29 is 13.9 Å². The second kappa shape index (κ2) is 11.0. The molecule has 3 fully saturated rings. The lowest BCUT2D eigenvalue weighted by molar-refractivity contribution is -0.134. The van der Waals surface area contributed by atoms with Gasteiger partial charge in [-0.1, -0.05) is 18.9 Å². The average molecular weight is 446 g/mol. The number of anilines is 1. The summed E-state index contributed by atoms with van der Waals surface area (Å²) in [4.78, 5) is 21.4. The molecule has 1 aliphatic carbocycles. The molecule has 2 heterocycles. The van der Waals surface area contributed by atoms with E-state index in [-0.39, 0.29) is 17.8 Å². The van der Waals surface area contributed by atoms with Crippen LogP contribution in [0.5, 0.6) is 0 Å². The maximum Gasteiger partial charge on any atom is 0.225 e. The van der Waals surface area contributed by atoms with Crippen molar-refractivity contribution in [1.82, 2.24) is 15.5 Å². The Morgan fingerprint density at radius 2 is 1.97 bits per heavy atom. The van der Waals surface area contributed by atoms with Gasteiger partial charge in [0, 0.05) is 44.7 Å². The molecule has 1 saturated carbocycles. The number of aliphatic imine (C=N–C) groups is 1. The Bertz CT molecular complexity index is 806. The first-order valence-corrected chi connectivity index (χ1v) is 12.1. The predicted octanol–water partition coefficient (Wildman–Crippen LogP) is 2.51. The Labute approximate surface area is 190 Å². The lowest BCUT2D eigenvalue weighted by Gasteiger charge is -2.29. The fourth-order valence-corrected chi connectivity index (χ4v) is 4.90. The number of carbonyl (C=O) groups excluding carboxylic acids is 1. The highest BCUT2D eigenvalue weighted by molar-refractivity contribution is 5.81. The molecule has 3 aliphatic rings. The number of hydrogen-bond acceptors (Lipinski definition) is 4. The van der Waals surface area contributed by atoms with Gasteiger partial charge in [-0.25, -0.2) is 9.38 Å².